The van der Waals surface area contributed by atoms with E-state index in [-0.39, 0.29) is 0 Å². The lowest BCUT2D eigenvalue weighted by atomic mass is 10.00. The van der Waals surface area contributed by atoms with E-state index < -0.39 is 0 Å². The van der Waals surface area contributed by atoms with Gasteiger partial charge in [0.25, 0.3) is 0 Å². The lowest BCUT2D eigenvalue weighted by molar-refractivity contribution is 0.669. The molecule has 0 atom stereocenters. The molecule has 3 nitrogen and oxygen atoms in total. The van der Waals surface area contributed by atoms with Crippen molar-refractivity contribution in [2.45, 2.75) is 0 Å². The van der Waals surface area contributed by atoms with Gasteiger partial charge < -0.3 is 13.3 Å². The van der Waals surface area contributed by atoms with E-state index in [0.29, 0.717) is 0 Å². The maximum Gasteiger partial charge on any atom is 0.143 e. The van der Waals surface area contributed by atoms with Gasteiger partial charge in [-0.2, -0.15) is 0 Å². The van der Waals surface area contributed by atoms with Crippen LogP contribution in [0.4, 0.5) is 0 Å². The number of hydrogen-bond donors (Lipinski definition) is 0. The highest BCUT2D eigenvalue weighted by Gasteiger charge is 2.15. The third-order valence-corrected chi connectivity index (χ3v) is 13.4. The smallest absolute Gasteiger partial charge is 0.143 e. The Hall–Kier alpha value is -9.18. The van der Waals surface area contributed by atoms with Gasteiger partial charge in [-0.1, -0.05) is 212 Å². The summed E-state index contributed by atoms with van der Waals surface area (Å²) in [7, 11) is 0. The van der Waals surface area contributed by atoms with Crippen LogP contribution >= 0.6 is 0 Å². The van der Waals surface area contributed by atoms with Crippen LogP contribution in [0.25, 0.3) is 132 Å². The summed E-state index contributed by atoms with van der Waals surface area (Å²) in [5, 5.41) is 14.6. The Morgan fingerprint density at radius 1 is 0.203 bits per heavy atom. The second kappa shape index (κ2) is 16.9. The monoisotopic (exact) mass is 882 g/mol. The van der Waals surface area contributed by atoms with Crippen molar-refractivity contribution >= 4 is 98.1 Å². The molecule has 0 unspecified atom stereocenters. The molecule has 3 heterocycles. The van der Waals surface area contributed by atoms with Crippen LogP contribution < -0.4 is 0 Å². The van der Waals surface area contributed by atoms with Gasteiger partial charge in [0, 0.05) is 37.9 Å². The minimum atomic E-state index is 0.941. The summed E-state index contributed by atoms with van der Waals surface area (Å²) in [6, 6.07) is 88.6. The molecule has 0 aliphatic carbocycles. The summed E-state index contributed by atoms with van der Waals surface area (Å²) in [6.07, 6.45) is 0. The Morgan fingerprint density at radius 3 is 1.20 bits per heavy atom. The normalized spacial score (nSPS) is 11.5. The summed E-state index contributed by atoms with van der Waals surface area (Å²) < 4.78 is 18.4. The summed E-state index contributed by atoms with van der Waals surface area (Å²) in [6.45, 7) is 0. The third-order valence-electron chi connectivity index (χ3n) is 13.4. The molecule has 0 aliphatic heterocycles. The molecule has 15 aromatic rings. The first-order valence-electron chi connectivity index (χ1n) is 23.4. The molecule has 0 aliphatic rings. The fraction of sp³-hybridized carbons (Fsp3) is 0. The van der Waals surface area contributed by atoms with Gasteiger partial charge in [0.05, 0.1) is 0 Å². The number of rotatable bonds is 3. The van der Waals surface area contributed by atoms with E-state index in [1.165, 1.54) is 92.5 Å². The summed E-state index contributed by atoms with van der Waals surface area (Å²) in [5.74, 6) is 0. The van der Waals surface area contributed by atoms with Gasteiger partial charge in [-0.05, 0) is 103 Å². The van der Waals surface area contributed by atoms with Gasteiger partial charge in [0.2, 0.25) is 0 Å². The molecule has 0 N–H and O–H groups in total. The van der Waals surface area contributed by atoms with Gasteiger partial charge in [-0.15, -0.1) is 0 Å². The Bertz CT molecular complexity index is 4300. The van der Waals surface area contributed by atoms with Crippen molar-refractivity contribution in [3.8, 4) is 33.4 Å². The van der Waals surface area contributed by atoms with E-state index in [2.05, 4.69) is 237 Å². The highest BCUT2D eigenvalue weighted by Crippen LogP contribution is 2.41. The zero-order valence-electron chi connectivity index (χ0n) is 37.5. The van der Waals surface area contributed by atoms with E-state index in [9.17, 15) is 0 Å². The molecular weight excluding hydrogens is 841 g/mol. The molecular formula is C66H42O3. The molecule has 324 valence electrons. The molecule has 0 bridgehead atoms. The molecule has 0 saturated heterocycles. The van der Waals surface area contributed by atoms with Gasteiger partial charge >= 0.3 is 0 Å². The molecule has 12 aromatic carbocycles. The number of para-hydroxylation sites is 1. The predicted molar refractivity (Wildman–Crippen MR) is 290 cm³/mol. The van der Waals surface area contributed by atoms with Crippen molar-refractivity contribution < 1.29 is 13.3 Å². The minimum Gasteiger partial charge on any atom is -0.456 e. The van der Waals surface area contributed by atoms with Crippen LogP contribution in [-0.4, -0.2) is 0 Å². The fourth-order valence-electron chi connectivity index (χ4n) is 10.1. The van der Waals surface area contributed by atoms with Crippen LogP contribution in [0.2, 0.25) is 0 Å². The topological polar surface area (TPSA) is 39.4 Å². The lowest BCUT2D eigenvalue weighted by Gasteiger charge is -2.02. The van der Waals surface area contributed by atoms with E-state index in [4.69, 9.17) is 13.3 Å². The summed E-state index contributed by atoms with van der Waals surface area (Å²) in [4.78, 5) is 0. The minimum absolute atomic E-state index is 0.941. The highest BCUT2D eigenvalue weighted by molar-refractivity contribution is 6.22. The van der Waals surface area contributed by atoms with Crippen LogP contribution in [0.3, 0.4) is 0 Å². The Morgan fingerprint density at radius 2 is 0.623 bits per heavy atom. The van der Waals surface area contributed by atoms with Crippen molar-refractivity contribution in [1.82, 2.24) is 0 Å². The zero-order chi connectivity index (χ0) is 45.7. The standard InChI is InChI=1S/3C22H14O/c1-2-7-15(8-3-1)18-11-6-12-19-21-17-10-5-4-9-16(17)13-14-20(21)23-22(18)19;1-2-6-15(7-3-1)17-11-12-20-19(14-17)22-18-9-5-4-8-16(18)10-13-21(22)23-20;1-2-6-15(7-3-1)17-10-12-19-21(14-17)23-20-13-11-16-8-4-5-9-18(16)22(19)20/h3*1-14H. The average molecular weight is 883 g/mol. The Kier molecular flexibility index (Phi) is 9.84. The molecule has 69 heavy (non-hydrogen) atoms. The van der Waals surface area contributed by atoms with Crippen LogP contribution in [0.15, 0.2) is 268 Å². The van der Waals surface area contributed by atoms with Crippen LogP contribution in [0.1, 0.15) is 0 Å². The van der Waals surface area contributed by atoms with Gasteiger partial charge in [-0.25, -0.2) is 0 Å². The molecule has 0 radical (unpaired) electrons. The van der Waals surface area contributed by atoms with Crippen molar-refractivity contribution in [1.29, 1.82) is 0 Å². The van der Waals surface area contributed by atoms with Crippen LogP contribution in [0.5, 0.6) is 0 Å². The van der Waals surface area contributed by atoms with E-state index in [0.717, 1.165) is 39.1 Å². The maximum absolute atomic E-state index is 6.25. The SMILES string of the molecule is c1ccc(-c2ccc3c(c2)oc2ccc4ccccc4c23)cc1.c1ccc(-c2ccc3oc4ccc5ccccc5c4c3c2)cc1.c1ccc(-c2cccc3c2oc2ccc4ccccc4c23)cc1. The molecule has 15 rings (SSSR count). The number of hydrogen-bond acceptors (Lipinski definition) is 3. The van der Waals surface area contributed by atoms with Crippen LogP contribution in [-0.2, 0) is 0 Å². The Labute approximate surface area is 397 Å². The van der Waals surface area contributed by atoms with Crippen molar-refractivity contribution in [2.75, 3.05) is 0 Å². The fourth-order valence-corrected chi connectivity index (χ4v) is 10.1. The van der Waals surface area contributed by atoms with Gasteiger partial charge in [0.15, 0.2) is 0 Å². The summed E-state index contributed by atoms with van der Waals surface area (Å²) >= 11 is 0. The quantitative estimate of drug-likeness (QED) is 0.177. The molecule has 0 spiro atoms. The molecule has 3 heteroatoms. The zero-order valence-corrected chi connectivity index (χ0v) is 37.5. The van der Waals surface area contributed by atoms with Gasteiger partial charge in [0.1, 0.15) is 33.5 Å². The summed E-state index contributed by atoms with van der Waals surface area (Å²) in [5.41, 5.74) is 12.8. The number of fused-ring (bicyclic) bond motifs is 15. The largest absolute Gasteiger partial charge is 0.456 e. The first kappa shape index (κ1) is 40.1. The molecule has 0 fully saturated rings. The Balaban J connectivity index is 0.000000102. The highest BCUT2D eigenvalue weighted by atomic mass is 16.3. The second-order valence-corrected chi connectivity index (χ2v) is 17.5. The number of furan rings is 3. The first-order chi connectivity index (χ1) is 34.2. The van der Waals surface area contributed by atoms with E-state index in [1.54, 1.807) is 0 Å². The molecule has 0 saturated carbocycles. The van der Waals surface area contributed by atoms with Crippen molar-refractivity contribution in [2.24, 2.45) is 0 Å². The van der Waals surface area contributed by atoms with Crippen LogP contribution in [0, 0.1) is 0 Å². The molecule has 3 aromatic heterocycles. The second-order valence-electron chi connectivity index (χ2n) is 17.5. The van der Waals surface area contributed by atoms with E-state index >= 15 is 0 Å². The maximum atomic E-state index is 6.25. The average Bonchev–Trinajstić information content (AvgIpc) is 4.13. The van der Waals surface area contributed by atoms with Crippen molar-refractivity contribution in [3.63, 3.8) is 0 Å². The van der Waals surface area contributed by atoms with Gasteiger partial charge in [-0.3, -0.25) is 0 Å². The van der Waals surface area contributed by atoms with Crippen molar-refractivity contribution in [3.05, 3.63) is 255 Å². The lowest BCUT2D eigenvalue weighted by Crippen LogP contribution is -1.78. The predicted octanol–water partition coefficient (Wildman–Crippen LogP) is 19.2. The first-order valence-corrected chi connectivity index (χ1v) is 23.4. The third kappa shape index (κ3) is 7.16. The number of benzene rings is 12. The molecule has 0 amide bonds. The van der Waals surface area contributed by atoms with E-state index in [1.807, 2.05) is 18.2 Å².